The lowest BCUT2D eigenvalue weighted by atomic mass is 10.2. The smallest absolute Gasteiger partial charge is 0.218 e. The Hall–Kier alpha value is -0.570. The van der Waals surface area contributed by atoms with Gasteiger partial charge in [-0.1, -0.05) is 0 Å². The van der Waals surface area contributed by atoms with Crippen molar-refractivity contribution in [1.82, 2.24) is 4.90 Å². The van der Waals surface area contributed by atoms with E-state index in [-0.39, 0.29) is 5.91 Å². The minimum atomic E-state index is 0.0926. The van der Waals surface area contributed by atoms with Crippen LogP contribution in [-0.4, -0.2) is 38.1 Å². The molecule has 0 aromatic rings. The Morgan fingerprint density at radius 3 is 1.67 bits per heavy atom. The Labute approximate surface area is 74.7 Å². The molecular weight excluding hydrogens is 154 g/mol. The van der Waals surface area contributed by atoms with Crippen LogP contribution in [0.4, 0.5) is 0 Å². The molecule has 1 rings (SSSR count). The minimum absolute atomic E-state index is 0.0926. The van der Waals surface area contributed by atoms with Crippen LogP contribution in [0.1, 0.15) is 26.2 Å². The summed E-state index contributed by atoms with van der Waals surface area (Å²) >= 11 is 0. The first kappa shape index (κ1) is 11.4. The van der Waals surface area contributed by atoms with Crippen LogP contribution in [0.5, 0.6) is 0 Å². The summed E-state index contributed by atoms with van der Waals surface area (Å²) in [7, 11) is 3.45. The molecular formula is C9H19NO2. The fourth-order valence-electron chi connectivity index (χ4n) is 0.687. The van der Waals surface area contributed by atoms with Crippen LogP contribution in [0.25, 0.3) is 0 Å². The quantitative estimate of drug-likeness (QED) is 0.552. The molecule has 0 spiro atoms. The van der Waals surface area contributed by atoms with Gasteiger partial charge in [0.15, 0.2) is 0 Å². The largest absolute Gasteiger partial charge is 0.381 e. The average molecular weight is 173 g/mol. The molecule has 0 aromatic carbocycles. The van der Waals surface area contributed by atoms with Gasteiger partial charge in [-0.2, -0.15) is 0 Å². The standard InChI is InChI=1S/C5H10O.C4H9NO/c1-2-4-6-5-3-1;1-4(6)5(2)3/h1-5H2;1-3H3. The highest BCUT2D eigenvalue weighted by molar-refractivity contribution is 5.72. The Balaban J connectivity index is 0.000000202. The van der Waals surface area contributed by atoms with Crippen LogP contribution < -0.4 is 0 Å². The fraction of sp³-hybridized carbons (Fsp3) is 0.889. The van der Waals surface area contributed by atoms with E-state index in [2.05, 4.69) is 0 Å². The molecule has 0 radical (unpaired) electrons. The Bertz CT molecular complexity index is 108. The van der Waals surface area contributed by atoms with Gasteiger partial charge in [-0.05, 0) is 19.3 Å². The van der Waals surface area contributed by atoms with Crippen LogP contribution in [0.2, 0.25) is 0 Å². The molecule has 0 unspecified atom stereocenters. The lowest BCUT2D eigenvalue weighted by Gasteiger charge is -2.08. The number of nitrogens with zero attached hydrogens (tertiary/aromatic N) is 1. The van der Waals surface area contributed by atoms with Crippen molar-refractivity contribution in [2.24, 2.45) is 0 Å². The van der Waals surface area contributed by atoms with E-state index < -0.39 is 0 Å². The third-order valence-corrected chi connectivity index (χ3v) is 1.71. The van der Waals surface area contributed by atoms with Crippen molar-refractivity contribution < 1.29 is 9.53 Å². The zero-order valence-corrected chi connectivity index (χ0v) is 8.30. The Kier molecular flexibility index (Phi) is 6.76. The molecule has 0 aromatic heterocycles. The predicted octanol–water partition coefficient (Wildman–Crippen LogP) is 1.28. The highest BCUT2D eigenvalue weighted by atomic mass is 16.5. The summed E-state index contributed by atoms with van der Waals surface area (Å²) in [5, 5.41) is 0. The van der Waals surface area contributed by atoms with Crippen LogP contribution in [0.3, 0.4) is 0 Å². The normalized spacial score (nSPS) is 15.9. The number of amides is 1. The second-order valence-corrected chi connectivity index (χ2v) is 3.09. The van der Waals surface area contributed by atoms with Crippen molar-refractivity contribution in [3.8, 4) is 0 Å². The molecule has 1 amide bonds. The number of rotatable bonds is 0. The van der Waals surface area contributed by atoms with Gasteiger partial charge in [0, 0.05) is 34.2 Å². The summed E-state index contributed by atoms with van der Waals surface area (Å²) in [6, 6.07) is 0. The SMILES string of the molecule is C1CCOCC1.CC(=O)N(C)C. The molecule has 1 aliphatic rings. The molecule has 72 valence electrons. The van der Waals surface area contributed by atoms with Crippen molar-refractivity contribution in [3.05, 3.63) is 0 Å². The highest BCUT2D eigenvalue weighted by Crippen LogP contribution is 2.02. The summed E-state index contributed by atoms with van der Waals surface area (Å²) in [6.07, 6.45) is 3.93. The van der Waals surface area contributed by atoms with Crippen LogP contribution in [-0.2, 0) is 9.53 Å². The molecule has 0 aliphatic carbocycles. The molecule has 12 heavy (non-hydrogen) atoms. The maximum Gasteiger partial charge on any atom is 0.218 e. The molecule has 3 heteroatoms. The Morgan fingerprint density at radius 1 is 1.17 bits per heavy atom. The van der Waals surface area contributed by atoms with Crippen molar-refractivity contribution in [1.29, 1.82) is 0 Å². The van der Waals surface area contributed by atoms with Gasteiger partial charge in [0.1, 0.15) is 0 Å². The molecule has 0 saturated carbocycles. The van der Waals surface area contributed by atoms with Gasteiger partial charge in [0.05, 0.1) is 0 Å². The Morgan fingerprint density at radius 2 is 1.58 bits per heavy atom. The summed E-state index contributed by atoms with van der Waals surface area (Å²) in [5.74, 6) is 0.0926. The van der Waals surface area contributed by atoms with E-state index in [1.807, 2.05) is 0 Å². The third-order valence-electron chi connectivity index (χ3n) is 1.71. The topological polar surface area (TPSA) is 29.5 Å². The second-order valence-electron chi connectivity index (χ2n) is 3.09. The predicted molar refractivity (Wildman–Crippen MR) is 49.0 cm³/mol. The van der Waals surface area contributed by atoms with Gasteiger partial charge in [-0.3, -0.25) is 4.79 Å². The molecule has 1 fully saturated rings. The molecule has 0 N–H and O–H groups in total. The lowest BCUT2D eigenvalue weighted by molar-refractivity contribution is -0.126. The van der Waals surface area contributed by atoms with Gasteiger partial charge < -0.3 is 9.64 Å². The summed E-state index contributed by atoms with van der Waals surface area (Å²) in [6.45, 7) is 3.53. The van der Waals surface area contributed by atoms with Gasteiger partial charge in [0.25, 0.3) is 0 Å². The molecule has 0 atom stereocenters. The van der Waals surface area contributed by atoms with E-state index in [0.29, 0.717) is 0 Å². The van der Waals surface area contributed by atoms with Crippen molar-refractivity contribution in [3.63, 3.8) is 0 Å². The van der Waals surface area contributed by atoms with Crippen molar-refractivity contribution >= 4 is 5.91 Å². The zero-order valence-electron chi connectivity index (χ0n) is 8.30. The van der Waals surface area contributed by atoms with E-state index in [1.54, 1.807) is 14.1 Å². The van der Waals surface area contributed by atoms with Crippen LogP contribution in [0.15, 0.2) is 0 Å². The van der Waals surface area contributed by atoms with E-state index in [9.17, 15) is 4.79 Å². The van der Waals surface area contributed by atoms with Gasteiger partial charge in [-0.25, -0.2) is 0 Å². The highest BCUT2D eigenvalue weighted by Gasteiger charge is 1.95. The number of carbonyl (C=O) groups excluding carboxylic acids is 1. The maximum atomic E-state index is 10.1. The fourth-order valence-corrected chi connectivity index (χ4v) is 0.687. The van der Waals surface area contributed by atoms with Gasteiger partial charge >= 0.3 is 0 Å². The molecule has 3 nitrogen and oxygen atoms in total. The maximum absolute atomic E-state index is 10.1. The van der Waals surface area contributed by atoms with Crippen LogP contribution >= 0.6 is 0 Å². The zero-order chi connectivity index (χ0) is 9.40. The molecule has 0 bridgehead atoms. The van der Waals surface area contributed by atoms with Gasteiger partial charge in [0.2, 0.25) is 5.91 Å². The van der Waals surface area contributed by atoms with Crippen molar-refractivity contribution in [2.45, 2.75) is 26.2 Å². The molecule has 1 heterocycles. The van der Waals surface area contributed by atoms with Crippen LogP contribution in [0, 0.1) is 0 Å². The lowest BCUT2D eigenvalue weighted by Crippen LogP contribution is -2.17. The average Bonchev–Trinajstić information content (AvgIpc) is 2.08. The van der Waals surface area contributed by atoms with E-state index in [4.69, 9.17) is 4.74 Å². The number of ether oxygens (including phenoxy) is 1. The molecule has 1 aliphatic heterocycles. The molecule has 1 saturated heterocycles. The number of carbonyl (C=O) groups is 1. The summed E-state index contributed by atoms with van der Waals surface area (Å²) in [4.78, 5) is 11.6. The monoisotopic (exact) mass is 173 g/mol. The second kappa shape index (κ2) is 7.10. The van der Waals surface area contributed by atoms with E-state index in [1.165, 1.54) is 31.1 Å². The van der Waals surface area contributed by atoms with Gasteiger partial charge in [-0.15, -0.1) is 0 Å². The number of hydrogen-bond donors (Lipinski definition) is 0. The first-order valence-electron chi connectivity index (χ1n) is 4.40. The third kappa shape index (κ3) is 7.54. The van der Waals surface area contributed by atoms with E-state index >= 15 is 0 Å². The first-order chi connectivity index (χ1) is 5.64. The van der Waals surface area contributed by atoms with Crippen molar-refractivity contribution in [2.75, 3.05) is 27.3 Å². The minimum Gasteiger partial charge on any atom is -0.381 e. The van der Waals surface area contributed by atoms with E-state index in [0.717, 1.165) is 13.2 Å². The summed E-state index contributed by atoms with van der Waals surface area (Å²) in [5.41, 5.74) is 0. The summed E-state index contributed by atoms with van der Waals surface area (Å²) < 4.78 is 5.07. The number of hydrogen-bond acceptors (Lipinski definition) is 2. The first-order valence-corrected chi connectivity index (χ1v) is 4.40.